The number of hydrogen-bond acceptors (Lipinski definition) is 1. The molecule has 0 bridgehead atoms. The maximum Gasteiger partial charge on any atom is 0.136 e. The van der Waals surface area contributed by atoms with Gasteiger partial charge >= 0.3 is 0 Å². The number of Topliss-reactive ketones (excluding diaryl/α,β-unsaturated/α-hetero) is 1. The van der Waals surface area contributed by atoms with Gasteiger partial charge in [0.25, 0.3) is 0 Å². The van der Waals surface area contributed by atoms with Crippen LogP contribution >= 0.6 is 0 Å². The monoisotopic (exact) mass is 426 g/mol. The minimum atomic E-state index is 0.293. The Balaban J connectivity index is 1.55. The van der Waals surface area contributed by atoms with Gasteiger partial charge in [0.05, 0.1) is 0 Å². The van der Waals surface area contributed by atoms with E-state index in [2.05, 4.69) is 55.4 Å². The summed E-state index contributed by atoms with van der Waals surface area (Å²) in [7, 11) is 0. The summed E-state index contributed by atoms with van der Waals surface area (Å²) < 4.78 is 0. The molecule has 0 aromatic rings. The van der Waals surface area contributed by atoms with Gasteiger partial charge in [0.2, 0.25) is 0 Å². The minimum absolute atomic E-state index is 0.293. The van der Waals surface area contributed by atoms with E-state index in [4.69, 9.17) is 0 Å². The lowest BCUT2D eigenvalue weighted by Crippen LogP contribution is -2.67. The summed E-state index contributed by atoms with van der Waals surface area (Å²) in [6.45, 7) is 20.7. The lowest BCUT2D eigenvalue weighted by Gasteiger charge is -2.74. The Bertz CT molecular complexity index is 766. The van der Waals surface area contributed by atoms with Crippen LogP contribution in [0.15, 0.2) is 0 Å². The van der Waals surface area contributed by atoms with Crippen molar-refractivity contribution in [2.24, 2.45) is 62.6 Å². The van der Waals surface area contributed by atoms with Crippen molar-refractivity contribution in [1.29, 1.82) is 0 Å². The molecule has 0 heterocycles. The molecular formula is C30H50O. The molecule has 0 radical (unpaired) electrons. The summed E-state index contributed by atoms with van der Waals surface area (Å²) in [6, 6.07) is 0. The summed E-state index contributed by atoms with van der Waals surface area (Å²) in [5, 5.41) is 0. The highest BCUT2D eigenvalue weighted by molar-refractivity contribution is 5.81. The molecule has 0 unspecified atom stereocenters. The van der Waals surface area contributed by atoms with E-state index < -0.39 is 0 Å². The van der Waals surface area contributed by atoms with Crippen molar-refractivity contribution in [1.82, 2.24) is 0 Å². The number of hydrogen-bond donors (Lipinski definition) is 0. The Labute approximate surface area is 192 Å². The third-order valence-electron chi connectivity index (χ3n) is 13.4. The first-order valence-electron chi connectivity index (χ1n) is 13.8. The van der Waals surface area contributed by atoms with Gasteiger partial charge in [-0.3, -0.25) is 4.79 Å². The number of fused-ring (bicyclic) bond motifs is 7. The van der Waals surface area contributed by atoms with E-state index >= 15 is 0 Å². The fourth-order valence-electron chi connectivity index (χ4n) is 11.1. The minimum Gasteiger partial charge on any atom is -0.299 e. The van der Waals surface area contributed by atoms with Crippen molar-refractivity contribution in [3.8, 4) is 0 Å². The zero-order chi connectivity index (χ0) is 22.6. The maximum absolute atomic E-state index is 12.7. The molecule has 5 fully saturated rings. The summed E-state index contributed by atoms with van der Waals surface area (Å²) in [4.78, 5) is 12.7. The highest BCUT2D eigenvalue weighted by atomic mass is 16.1. The average Bonchev–Trinajstić information content (AvgIpc) is 2.70. The van der Waals surface area contributed by atoms with Crippen LogP contribution in [0.2, 0.25) is 0 Å². The molecule has 5 aliphatic carbocycles. The fourth-order valence-corrected chi connectivity index (χ4v) is 11.1. The molecule has 1 heteroatoms. The summed E-state index contributed by atoms with van der Waals surface area (Å²) in [6.07, 6.45) is 13.4. The van der Waals surface area contributed by atoms with Crippen LogP contribution in [0.3, 0.4) is 0 Å². The molecule has 0 aromatic carbocycles. The molecular weight excluding hydrogens is 376 g/mol. The average molecular weight is 427 g/mol. The molecule has 5 rings (SSSR count). The van der Waals surface area contributed by atoms with E-state index in [0.717, 1.165) is 24.2 Å². The Kier molecular flexibility index (Phi) is 4.80. The van der Waals surface area contributed by atoms with E-state index in [-0.39, 0.29) is 0 Å². The summed E-state index contributed by atoms with van der Waals surface area (Å²) >= 11 is 0. The van der Waals surface area contributed by atoms with Crippen molar-refractivity contribution >= 4 is 5.78 Å². The predicted octanol–water partition coefficient (Wildman–Crippen LogP) is 8.31. The van der Waals surface area contributed by atoms with Crippen LogP contribution in [0.4, 0.5) is 0 Å². The highest BCUT2D eigenvalue weighted by Gasteiger charge is 2.70. The number of carbonyl (C=O) groups excluding carboxylic acids is 1. The number of ketones is 1. The molecule has 31 heavy (non-hydrogen) atoms. The Morgan fingerprint density at radius 2 is 1.39 bits per heavy atom. The van der Waals surface area contributed by atoms with Crippen molar-refractivity contribution in [2.75, 3.05) is 0 Å². The second kappa shape index (κ2) is 6.63. The maximum atomic E-state index is 12.7. The molecule has 0 aromatic heterocycles. The first-order chi connectivity index (χ1) is 14.3. The van der Waals surface area contributed by atoms with Crippen LogP contribution < -0.4 is 0 Å². The molecule has 0 saturated heterocycles. The van der Waals surface area contributed by atoms with Crippen LogP contribution in [0.5, 0.6) is 0 Å². The van der Waals surface area contributed by atoms with Gasteiger partial charge in [0.15, 0.2) is 0 Å². The molecule has 0 aliphatic heterocycles. The van der Waals surface area contributed by atoms with E-state index in [9.17, 15) is 4.79 Å². The van der Waals surface area contributed by atoms with Crippen molar-refractivity contribution in [2.45, 2.75) is 120 Å². The molecule has 0 N–H and O–H groups in total. The molecule has 10 atom stereocenters. The molecule has 5 saturated carbocycles. The standard InChI is InChI=1S/C30H50O/c1-19-17-23-28(6,21-9-10-22(31)20(2)25(19)21)14-16-30(8)24-18-26(3,4)11-12-27(24,5)13-15-29(23,30)7/h19-21,23-25H,9-18H2,1-8H3/t19-,20+,21-,23+,24-,25-,27-,28+,29-,30+/m1/s1. The second-order valence-corrected chi connectivity index (χ2v) is 15.2. The van der Waals surface area contributed by atoms with Crippen LogP contribution in [-0.4, -0.2) is 5.78 Å². The Hall–Kier alpha value is -0.330. The zero-order valence-corrected chi connectivity index (χ0v) is 21.9. The normalized spacial score (nSPS) is 58.5. The SMILES string of the molecule is C[C@@H]1C[C@H]2[C@@](C)(CC[C@@]3(C)[C@@H]4CC(C)(C)CC[C@]4(C)CC[C@]23C)[C@@H]2CCC(=O)[C@H](C)[C@@H]12. The van der Waals surface area contributed by atoms with Gasteiger partial charge in [0, 0.05) is 12.3 Å². The quantitative estimate of drug-likeness (QED) is 0.380. The van der Waals surface area contributed by atoms with Crippen LogP contribution in [0.25, 0.3) is 0 Å². The van der Waals surface area contributed by atoms with E-state index in [1.54, 1.807) is 0 Å². The zero-order valence-electron chi connectivity index (χ0n) is 21.9. The van der Waals surface area contributed by atoms with E-state index in [0.29, 0.717) is 50.6 Å². The smallest absolute Gasteiger partial charge is 0.136 e. The Morgan fingerprint density at radius 1 is 0.774 bits per heavy atom. The van der Waals surface area contributed by atoms with Gasteiger partial charge in [-0.2, -0.15) is 0 Å². The van der Waals surface area contributed by atoms with E-state index in [1.807, 2.05) is 0 Å². The molecule has 0 amide bonds. The molecule has 176 valence electrons. The number of carbonyl (C=O) groups is 1. The first-order valence-corrected chi connectivity index (χ1v) is 13.8. The van der Waals surface area contributed by atoms with Crippen molar-refractivity contribution < 1.29 is 4.79 Å². The highest BCUT2D eigenvalue weighted by Crippen LogP contribution is 2.77. The van der Waals surface area contributed by atoms with Gasteiger partial charge in [-0.05, 0) is 114 Å². The number of rotatable bonds is 0. The van der Waals surface area contributed by atoms with Crippen LogP contribution in [0.1, 0.15) is 120 Å². The van der Waals surface area contributed by atoms with Gasteiger partial charge in [-0.15, -0.1) is 0 Å². The van der Waals surface area contributed by atoms with E-state index in [1.165, 1.54) is 57.8 Å². The topological polar surface area (TPSA) is 17.1 Å². The fraction of sp³-hybridized carbons (Fsp3) is 0.967. The Morgan fingerprint density at radius 3 is 2.10 bits per heavy atom. The van der Waals surface area contributed by atoms with Gasteiger partial charge in [-0.1, -0.05) is 55.4 Å². The molecule has 0 spiro atoms. The second-order valence-electron chi connectivity index (χ2n) is 15.2. The van der Waals surface area contributed by atoms with Gasteiger partial charge in [0.1, 0.15) is 5.78 Å². The van der Waals surface area contributed by atoms with Crippen LogP contribution in [-0.2, 0) is 4.79 Å². The lowest BCUT2D eigenvalue weighted by molar-refractivity contribution is -0.252. The third-order valence-corrected chi connectivity index (χ3v) is 13.4. The van der Waals surface area contributed by atoms with Crippen molar-refractivity contribution in [3.63, 3.8) is 0 Å². The summed E-state index contributed by atoms with van der Waals surface area (Å²) in [5.41, 5.74) is 2.45. The largest absolute Gasteiger partial charge is 0.299 e. The van der Waals surface area contributed by atoms with Gasteiger partial charge < -0.3 is 0 Å². The predicted molar refractivity (Wildman–Crippen MR) is 130 cm³/mol. The molecule has 1 nitrogen and oxygen atoms in total. The van der Waals surface area contributed by atoms with Crippen molar-refractivity contribution in [3.05, 3.63) is 0 Å². The van der Waals surface area contributed by atoms with Crippen LogP contribution in [0, 0.1) is 62.6 Å². The summed E-state index contributed by atoms with van der Waals surface area (Å²) in [5.74, 6) is 4.68. The van der Waals surface area contributed by atoms with Gasteiger partial charge in [-0.25, -0.2) is 0 Å². The third kappa shape index (κ3) is 2.83. The molecule has 5 aliphatic rings. The first kappa shape index (κ1) is 22.5. The lowest BCUT2D eigenvalue weighted by atomic mass is 9.30.